The van der Waals surface area contributed by atoms with Crippen molar-refractivity contribution < 1.29 is 20.1 Å². The first-order chi connectivity index (χ1) is 9.97. The van der Waals surface area contributed by atoms with Crippen LogP contribution in [0.4, 0.5) is 0 Å². The molecule has 1 unspecified atom stereocenters. The Bertz CT molecular complexity index is 674. The van der Waals surface area contributed by atoms with E-state index in [2.05, 4.69) is 4.98 Å². The maximum atomic E-state index is 11.8. The number of aliphatic carboxylic acids is 1. The fourth-order valence-electron chi connectivity index (χ4n) is 2.61. The number of hydrogen-bond acceptors (Lipinski definition) is 5. The molecule has 1 saturated carbocycles. The van der Waals surface area contributed by atoms with Gasteiger partial charge in [0.1, 0.15) is 0 Å². The van der Waals surface area contributed by atoms with Crippen LogP contribution in [0.25, 0.3) is 6.08 Å². The first-order valence-electron chi connectivity index (χ1n) is 6.46. The van der Waals surface area contributed by atoms with Crippen LogP contribution in [0, 0.1) is 11.8 Å². The molecule has 0 amide bonds. The van der Waals surface area contributed by atoms with E-state index in [1.807, 2.05) is 0 Å². The van der Waals surface area contributed by atoms with Crippen LogP contribution in [0.3, 0.4) is 0 Å². The second kappa shape index (κ2) is 6.06. The summed E-state index contributed by atoms with van der Waals surface area (Å²) in [6.45, 7) is -0.257. The Labute approximate surface area is 119 Å². The Kier molecular flexibility index (Phi) is 4.39. The molecule has 21 heavy (non-hydrogen) atoms. The number of H-pyrrole nitrogens is 1. The molecular formula is C13H16N2O6. The Balaban J connectivity index is 2.37. The lowest BCUT2D eigenvalue weighted by atomic mass is 9.70. The SMILES string of the molecule is O=C(O)C=Cc1cn(C2C[C@@H](CO)[C@@H]2CO)c(=O)[nH]c1=O. The van der Waals surface area contributed by atoms with Crippen LogP contribution >= 0.6 is 0 Å². The van der Waals surface area contributed by atoms with Crippen molar-refractivity contribution in [2.24, 2.45) is 11.8 Å². The van der Waals surface area contributed by atoms with Gasteiger partial charge in [0.25, 0.3) is 5.56 Å². The number of rotatable bonds is 5. The quantitative estimate of drug-likeness (QED) is 0.504. The number of nitrogens with one attached hydrogen (secondary N) is 1. The van der Waals surface area contributed by atoms with Crippen LogP contribution in [0.1, 0.15) is 18.0 Å². The van der Waals surface area contributed by atoms with Gasteiger partial charge in [0.05, 0.1) is 5.56 Å². The van der Waals surface area contributed by atoms with Gasteiger partial charge in [-0.25, -0.2) is 9.59 Å². The molecule has 0 aliphatic heterocycles. The predicted molar refractivity (Wildman–Crippen MR) is 72.8 cm³/mol. The molecule has 1 fully saturated rings. The normalized spacial score (nSPS) is 25.0. The fourth-order valence-corrected chi connectivity index (χ4v) is 2.61. The van der Waals surface area contributed by atoms with Crippen LogP contribution in [0.15, 0.2) is 21.9 Å². The standard InChI is InChI=1S/C13H16N2O6/c16-5-8-3-10(9(8)6-17)15-4-7(1-2-11(18)19)12(20)14-13(15)21/h1-2,4,8-10,16-17H,3,5-6H2,(H,18,19)(H,14,20,21)/t8-,9-,10?/m0/s1. The number of carboxylic acid groups (broad SMARTS) is 1. The third-order valence-corrected chi connectivity index (χ3v) is 3.85. The summed E-state index contributed by atoms with van der Waals surface area (Å²) in [6.07, 6.45) is 3.70. The van der Waals surface area contributed by atoms with Gasteiger partial charge in [0, 0.05) is 37.4 Å². The average Bonchev–Trinajstić information content (AvgIpc) is 2.39. The number of nitrogens with zero attached hydrogens (tertiary/aromatic N) is 1. The highest BCUT2D eigenvalue weighted by Gasteiger charge is 2.41. The Morgan fingerprint density at radius 3 is 2.67 bits per heavy atom. The van der Waals surface area contributed by atoms with Crippen LogP contribution in [-0.4, -0.2) is 44.1 Å². The van der Waals surface area contributed by atoms with Crippen LogP contribution in [0.5, 0.6) is 0 Å². The number of aromatic nitrogens is 2. The molecule has 1 aliphatic carbocycles. The maximum Gasteiger partial charge on any atom is 0.328 e. The fraction of sp³-hybridized carbons (Fsp3) is 0.462. The number of hydrogen-bond donors (Lipinski definition) is 4. The monoisotopic (exact) mass is 296 g/mol. The van der Waals surface area contributed by atoms with E-state index in [9.17, 15) is 19.5 Å². The minimum atomic E-state index is -1.20. The van der Waals surface area contributed by atoms with Crippen molar-refractivity contribution in [3.05, 3.63) is 38.7 Å². The Morgan fingerprint density at radius 1 is 1.38 bits per heavy atom. The molecule has 0 aromatic carbocycles. The smallest absolute Gasteiger partial charge is 0.328 e. The van der Waals surface area contributed by atoms with Gasteiger partial charge < -0.3 is 15.3 Å². The third-order valence-electron chi connectivity index (χ3n) is 3.85. The van der Waals surface area contributed by atoms with Crippen molar-refractivity contribution in [1.82, 2.24) is 9.55 Å². The number of aliphatic hydroxyl groups excluding tert-OH is 2. The lowest BCUT2D eigenvalue weighted by molar-refractivity contribution is -0.131. The van der Waals surface area contributed by atoms with Gasteiger partial charge in [0.15, 0.2) is 0 Å². The van der Waals surface area contributed by atoms with E-state index in [0.29, 0.717) is 6.42 Å². The lowest BCUT2D eigenvalue weighted by Crippen LogP contribution is -2.47. The van der Waals surface area contributed by atoms with E-state index >= 15 is 0 Å². The van der Waals surface area contributed by atoms with Crippen molar-refractivity contribution in [3.8, 4) is 0 Å². The van der Waals surface area contributed by atoms with Gasteiger partial charge in [-0.05, 0) is 18.4 Å². The number of carboxylic acids is 1. The van der Waals surface area contributed by atoms with Crippen molar-refractivity contribution in [2.75, 3.05) is 13.2 Å². The molecule has 8 nitrogen and oxygen atoms in total. The van der Waals surface area contributed by atoms with E-state index in [1.54, 1.807) is 0 Å². The lowest BCUT2D eigenvalue weighted by Gasteiger charge is -2.43. The molecule has 1 heterocycles. The number of carbonyl (C=O) groups is 1. The minimum Gasteiger partial charge on any atom is -0.478 e. The van der Waals surface area contributed by atoms with Crippen LogP contribution < -0.4 is 11.2 Å². The van der Waals surface area contributed by atoms with Crippen LogP contribution in [0.2, 0.25) is 0 Å². The van der Waals surface area contributed by atoms with Crippen molar-refractivity contribution in [3.63, 3.8) is 0 Å². The molecule has 8 heteroatoms. The maximum absolute atomic E-state index is 11.8. The molecule has 0 bridgehead atoms. The van der Waals surface area contributed by atoms with E-state index < -0.39 is 17.2 Å². The van der Waals surface area contributed by atoms with E-state index in [-0.39, 0.29) is 36.7 Å². The molecule has 0 saturated heterocycles. The van der Waals surface area contributed by atoms with Crippen LogP contribution in [-0.2, 0) is 4.79 Å². The van der Waals surface area contributed by atoms with Gasteiger partial charge >= 0.3 is 11.7 Å². The molecule has 2 rings (SSSR count). The number of aliphatic hydroxyl groups is 2. The van der Waals surface area contributed by atoms with Gasteiger partial charge in [0.2, 0.25) is 0 Å². The van der Waals surface area contributed by atoms with E-state index in [0.717, 1.165) is 12.2 Å². The molecule has 4 N–H and O–H groups in total. The van der Waals surface area contributed by atoms with Crippen molar-refractivity contribution >= 4 is 12.0 Å². The van der Waals surface area contributed by atoms with Gasteiger partial charge in [-0.15, -0.1) is 0 Å². The highest BCUT2D eigenvalue weighted by Crippen LogP contribution is 2.42. The summed E-state index contributed by atoms with van der Waals surface area (Å²) in [5.74, 6) is -1.56. The van der Waals surface area contributed by atoms with Gasteiger partial charge in [-0.3, -0.25) is 14.3 Å². The molecule has 1 aromatic heterocycles. The predicted octanol–water partition coefficient (Wildman–Crippen LogP) is -1.20. The van der Waals surface area contributed by atoms with Crippen molar-refractivity contribution in [1.29, 1.82) is 0 Å². The molecule has 1 aliphatic rings. The zero-order valence-corrected chi connectivity index (χ0v) is 11.1. The van der Waals surface area contributed by atoms with Gasteiger partial charge in [-0.2, -0.15) is 0 Å². The summed E-state index contributed by atoms with van der Waals surface area (Å²) >= 11 is 0. The average molecular weight is 296 g/mol. The Morgan fingerprint density at radius 2 is 2.10 bits per heavy atom. The summed E-state index contributed by atoms with van der Waals surface area (Å²) in [5, 5.41) is 27.0. The molecule has 0 radical (unpaired) electrons. The largest absolute Gasteiger partial charge is 0.478 e. The second-order valence-corrected chi connectivity index (χ2v) is 5.01. The minimum absolute atomic E-state index is 0.0427. The molecule has 3 atom stereocenters. The first kappa shape index (κ1) is 15.2. The summed E-state index contributed by atoms with van der Waals surface area (Å²) < 4.78 is 1.27. The number of aromatic amines is 1. The highest BCUT2D eigenvalue weighted by atomic mass is 16.4. The summed E-state index contributed by atoms with van der Waals surface area (Å²) in [5.41, 5.74) is -1.25. The van der Waals surface area contributed by atoms with Gasteiger partial charge in [-0.1, -0.05) is 0 Å². The van der Waals surface area contributed by atoms with E-state index in [4.69, 9.17) is 10.2 Å². The summed E-state index contributed by atoms with van der Waals surface area (Å²) in [7, 11) is 0. The topological polar surface area (TPSA) is 133 Å². The molecule has 0 spiro atoms. The summed E-state index contributed by atoms with van der Waals surface area (Å²) in [6, 6.07) is -0.325. The molecule has 114 valence electrons. The summed E-state index contributed by atoms with van der Waals surface area (Å²) in [4.78, 5) is 36.1. The molecule has 1 aromatic rings. The van der Waals surface area contributed by atoms with E-state index in [1.165, 1.54) is 10.8 Å². The Hall–Kier alpha value is -2.19. The third kappa shape index (κ3) is 2.96. The van der Waals surface area contributed by atoms with Crippen molar-refractivity contribution in [2.45, 2.75) is 12.5 Å². The highest BCUT2D eigenvalue weighted by molar-refractivity contribution is 5.85. The zero-order chi connectivity index (χ0) is 15.6. The molecular weight excluding hydrogens is 280 g/mol. The zero-order valence-electron chi connectivity index (χ0n) is 11.1. The first-order valence-corrected chi connectivity index (χ1v) is 6.46. The second-order valence-electron chi connectivity index (χ2n) is 5.01.